The highest BCUT2D eigenvalue weighted by molar-refractivity contribution is 7.89. The summed E-state index contributed by atoms with van der Waals surface area (Å²) < 4.78 is 44.4. The molecule has 1 aliphatic heterocycles. The van der Waals surface area contributed by atoms with Crippen molar-refractivity contribution in [2.45, 2.75) is 30.8 Å². The van der Waals surface area contributed by atoms with Gasteiger partial charge >= 0.3 is 12.0 Å². The average Bonchev–Trinajstić information content (AvgIpc) is 2.68. The van der Waals surface area contributed by atoms with E-state index in [2.05, 4.69) is 5.32 Å². The monoisotopic (exact) mass is 415 g/mol. The molecule has 2 N–H and O–H groups in total. The lowest BCUT2D eigenvalue weighted by atomic mass is 9.98. The summed E-state index contributed by atoms with van der Waals surface area (Å²) in [6.45, 7) is 1.53. The maximum atomic E-state index is 13.0. The van der Waals surface area contributed by atoms with Crippen LogP contribution in [0.15, 0.2) is 29.2 Å². The second kappa shape index (κ2) is 9.11. The van der Waals surface area contributed by atoms with Crippen molar-refractivity contribution in [3.63, 3.8) is 0 Å². The first-order valence-electron chi connectivity index (χ1n) is 8.64. The van der Waals surface area contributed by atoms with Gasteiger partial charge in [0, 0.05) is 20.1 Å². The van der Waals surface area contributed by atoms with Crippen molar-refractivity contribution in [2.24, 2.45) is 5.92 Å². The van der Waals surface area contributed by atoms with E-state index in [0.717, 1.165) is 12.1 Å². The molecule has 0 unspecified atom stereocenters. The number of esters is 1. The van der Waals surface area contributed by atoms with Crippen molar-refractivity contribution in [1.29, 1.82) is 0 Å². The number of nitrogens with one attached hydrogen (secondary N) is 2. The van der Waals surface area contributed by atoms with Crippen molar-refractivity contribution < 1.29 is 31.9 Å². The van der Waals surface area contributed by atoms with Crippen LogP contribution in [0.2, 0.25) is 0 Å². The number of urea groups is 1. The van der Waals surface area contributed by atoms with Gasteiger partial charge in [0.15, 0.2) is 6.10 Å². The second-order valence-electron chi connectivity index (χ2n) is 6.28. The summed E-state index contributed by atoms with van der Waals surface area (Å²) in [5.74, 6) is -2.48. The lowest BCUT2D eigenvalue weighted by Gasteiger charge is -2.30. The molecule has 1 aromatic carbocycles. The van der Waals surface area contributed by atoms with E-state index < -0.39 is 45.8 Å². The van der Waals surface area contributed by atoms with Gasteiger partial charge in [0.1, 0.15) is 5.82 Å². The van der Waals surface area contributed by atoms with E-state index in [1.165, 1.54) is 30.4 Å². The highest BCUT2D eigenvalue weighted by Crippen LogP contribution is 2.25. The van der Waals surface area contributed by atoms with E-state index >= 15 is 0 Å². The molecule has 0 spiro atoms. The minimum atomic E-state index is -3.77. The molecule has 1 aliphatic rings. The summed E-state index contributed by atoms with van der Waals surface area (Å²) in [5.41, 5.74) is 0. The molecule has 1 atom stereocenters. The van der Waals surface area contributed by atoms with Gasteiger partial charge in [-0.15, -0.1) is 0 Å². The largest absolute Gasteiger partial charge is 0.452 e. The van der Waals surface area contributed by atoms with Crippen LogP contribution in [0, 0.1) is 11.7 Å². The van der Waals surface area contributed by atoms with Crippen molar-refractivity contribution in [3.8, 4) is 0 Å². The first-order chi connectivity index (χ1) is 13.1. The number of benzene rings is 1. The van der Waals surface area contributed by atoms with E-state index in [0.29, 0.717) is 0 Å². The predicted octanol–water partition coefficient (Wildman–Crippen LogP) is 0.614. The number of ether oxygens (including phenoxy) is 1. The fraction of sp³-hybridized carbons (Fsp3) is 0.471. The van der Waals surface area contributed by atoms with Crippen LogP contribution in [-0.2, 0) is 24.3 Å². The molecule has 11 heteroatoms. The summed E-state index contributed by atoms with van der Waals surface area (Å²) in [6.07, 6.45) is -0.711. The van der Waals surface area contributed by atoms with E-state index in [-0.39, 0.29) is 30.8 Å². The summed E-state index contributed by atoms with van der Waals surface area (Å²) in [6, 6.07) is 3.81. The highest BCUT2D eigenvalue weighted by Gasteiger charge is 2.34. The molecule has 1 fully saturated rings. The zero-order valence-electron chi connectivity index (χ0n) is 15.5. The molecule has 28 heavy (non-hydrogen) atoms. The number of amides is 3. The Balaban J connectivity index is 1.90. The fourth-order valence-electron chi connectivity index (χ4n) is 2.69. The number of hydrogen-bond acceptors (Lipinski definition) is 6. The van der Waals surface area contributed by atoms with Crippen LogP contribution in [0.25, 0.3) is 0 Å². The highest BCUT2D eigenvalue weighted by atomic mass is 32.2. The SMILES string of the molecule is CNC(=O)NC(=O)[C@H](C)OC(=O)C1CCN(S(=O)(=O)c2ccc(F)cc2)CC1. The van der Waals surface area contributed by atoms with Crippen LogP contribution >= 0.6 is 0 Å². The molecule has 0 aliphatic carbocycles. The summed E-state index contributed by atoms with van der Waals surface area (Å²) >= 11 is 0. The van der Waals surface area contributed by atoms with Gasteiger partial charge in [-0.05, 0) is 44.0 Å². The van der Waals surface area contributed by atoms with Crippen molar-refractivity contribution in [3.05, 3.63) is 30.1 Å². The zero-order valence-corrected chi connectivity index (χ0v) is 16.3. The van der Waals surface area contributed by atoms with E-state index in [1.807, 2.05) is 5.32 Å². The van der Waals surface area contributed by atoms with Gasteiger partial charge in [-0.25, -0.2) is 17.6 Å². The number of sulfonamides is 1. The van der Waals surface area contributed by atoms with Gasteiger partial charge in [0.05, 0.1) is 10.8 Å². The molecule has 1 heterocycles. The number of nitrogens with zero attached hydrogens (tertiary/aromatic N) is 1. The van der Waals surface area contributed by atoms with E-state index in [9.17, 15) is 27.2 Å². The van der Waals surface area contributed by atoms with Crippen molar-refractivity contribution in [1.82, 2.24) is 14.9 Å². The Labute approximate surface area is 162 Å². The third-order valence-electron chi connectivity index (χ3n) is 4.36. The smallest absolute Gasteiger partial charge is 0.321 e. The lowest BCUT2D eigenvalue weighted by molar-refractivity contribution is -0.159. The Hall–Kier alpha value is -2.53. The number of piperidine rings is 1. The molecule has 0 aromatic heterocycles. The topological polar surface area (TPSA) is 122 Å². The molecule has 2 rings (SSSR count). The van der Waals surface area contributed by atoms with Gasteiger partial charge in [-0.2, -0.15) is 4.31 Å². The fourth-order valence-corrected chi connectivity index (χ4v) is 4.16. The maximum absolute atomic E-state index is 13.0. The van der Waals surface area contributed by atoms with Crippen molar-refractivity contribution in [2.75, 3.05) is 20.1 Å². The number of halogens is 1. The summed E-state index contributed by atoms with van der Waals surface area (Å²) in [7, 11) is -2.43. The Morgan fingerprint density at radius 3 is 2.29 bits per heavy atom. The van der Waals surface area contributed by atoms with Crippen LogP contribution in [0.4, 0.5) is 9.18 Å². The Kier molecular flexibility index (Phi) is 7.08. The van der Waals surface area contributed by atoms with Crippen molar-refractivity contribution >= 4 is 27.9 Å². The maximum Gasteiger partial charge on any atom is 0.321 e. The second-order valence-corrected chi connectivity index (χ2v) is 8.22. The molecule has 154 valence electrons. The molecule has 0 bridgehead atoms. The molecule has 9 nitrogen and oxygen atoms in total. The normalized spacial score (nSPS) is 16.8. The first kappa shape index (κ1) is 21.8. The van der Waals surface area contributed by atoms with Crippen LogP contribution in [-0.4, -0.2) is 56.9 Å². The molecule has 1 aromatic rings. The van der Waals surface area contributed by atoms with Crippen LogP contribution in [0.5, 0.6) is 0 Å². The number of rotatable bonds is 5. The lowest BCUT2D eigenvalue weighted by Crippen LogP contribution is -2.45. The quantitative estimate of drug-likeness (QED) is 0.680. The van der Waals surface area contributed by atoms with Crippen LogP contribution in [0.3, 0.4) is 0 Å². The van der Waals surface area contributed by atoms with Gasteiger partial charge in [-0.1, -0.05) is 0 Å². The van der Waals surface area contributed by atoms with Gasteiger partial charge in [0.25, 0.3) is 5.91 Å². The Morgan fingerprint density at radius 2 is 1.75 bits per heavy atom. The molecule has 1 saturated heterocycles. The molecular weight excluding hydrogens is 393 g/mol. The number of hydrogen-bond donors (Lipinski definition) is 2. The number of carbonyl (C=O) groups is 3. The van der Waals surface area contributed by atoms with Crippen LogP contribution in [0.1, 0.15) is 19.8 Å². The summed E-state index contributed by atoms with van der Waals surface area (Å²) in [4.78, 5) is 35.0. The van der Waals surface area contributed by atoms with Crippen LogP contribution < -0.4 is 10.6 Å². The zero-order chi connectivity index (χ0) is 20.9. The molecule has 0 radical (unpaired) electrons. The average molecular weight is 415 g/mol. The summed E-state index contributed by atoms with van der Waals surface area (Å²) in [5, 5.41) is 4.21. The number of imide groups is 1. The van der Waals surface area contributed by atoms with Gasteiger partial charge < -0.3 is 10.1 Å². The number of carbonyl (C=O) groups excluding carboxylic acids is 3. The third-order valence-corrected chi connectivity index (χ3v) is 6.28. The van der Waals surface area contributed by atoms with Gasteiger partial charge in [0.2, 0.25) is 10.0 Å². The van der Waals surface area contributed by atoms with E-state index in [1.54, 1.807) is 0 Å². The first-order valence-corrected chi connectivity index (χ1v) is 10.1. The third kappa shape index (κ3) is 5.26. The predicted molar refractivity (Wildman–Crippen MR) is 96.0 cm³/mol. The van der Waals surface area contributed by atoms with E-state index in [4.69, 9.17) is 4.74 Å². The Morgan fingerprint density at radius 1 is 1.18 bits per heavy atom. The van der Waals surface area contributed by atoms with Gasteiger partial charge in [-0.3, -0.25) is 14.9 Å². The minimum Gasteiger partial charge on any atom is -0.452 e. The molecule has 0 saturated carbocycles. The Bertz CT molecular complexity index is 835. The standard InChI is InChI=1S/C17H22FN3O6S/c1-11(15(22)20-17(24)19-2)27-16(23)12-7-9-21(10-8-12)28(25,26)14-5-3-13(18)4-6-14/h3-6,11-12H,7-10H2,1-2H3,(H2,19,20,22,24)/t11-/m0/s1. The molecule has 3 amide bonds. The minimum absolute atomic E-state index is 0.0191. The molecular formula is C17H22FN3O6S.